The first-order valence-electron chi connectivity index (χ1n) is 8.83. The first kappa shape index (κ1) is 16.4. The van der Waals surface area contributed by atoms with E-state index in [1.54, 1.807) is 11.3 Å². The Morgan fingerprint density at radius 3 is 2.86 bits per heavy atom. The van der Waals surface area contributed by atoms with Gasteiger partial charge in [0.2, 0.25) is 0 Å². The van der Waals surface area contributed by atoms with Crippen molar-refractivity contribution in [1.29, 1.82) is 0 Å². The second-order valence-corrected chi connectivity index (χ2v) is 8.87. The van der Waals surface area contributed by atoms with Gasteiger partial charge in [-0.1, -0.05) is 19.3 Å². The largest absolute Gasteiger partial charge is 0.352 e. The topological polar surface area (TPSA) is 29.1 Å². The molecule has 0 bridgehead atoms. The number of nitrogens with one attached hydrogen (secondary N) is 1. The molecular weight excluding hydrogens is 310 g/mol. The van der Waals surface area contributed by atoms with E-state index in [0.29, 0.717) is 0 Å². The van der Waals surface area contributed by atoms with Gasteiger partial charge in [0.1, 0.15) is 0 Å². The van der Waals surface area contributed by atoms with Crippen LogP contribution < -0.4 is 5.32 Å². The summed E-state index contributed by atoms with van der Waals surface area (Å²) in [7, 11) is 0. The van der Waals surface area contributed by atoms with Gasteiger partial charge in [0, 0.05) is 22.1 Å². The van der Waals surface area contributed by atoms with Gasteiger partial charge in [-0.2, -0.15) is 11.8 Å². The molecule has 4 heteroatoms. The molecule has 2 aliphatic carbocycles. The summed E-state index contributed by atoms with van der Waals surface area (Å²) in [5, 5.41) is 6.08. The van der Waals surface area contributed by atoms with Gasteiger partial charge in [-0.05, 0) is 56.3 Å². The third kappa shape index (κ3) is 4.29. The number of rotatable bonds is 6. The summed E-state index contributed by atoms with van der Waals surface area (Å²) in [6.07, 6.45) is 12.9. The van der Waals surface area contributed by atoms with Gasteiger partial charge in [-0.25, -0.2) is 0 Å². The van der Waals surface area contributed by atoms with Gasteiger partial charge >= 0.3 is 0 Å². The van der Waals surface area contributed by atoms with Gasteiger partial charge in [0.25, 0.3) is 5.91 Å². The van der Waals surface area contributed by atoms with E-state index in [1.165, 1.54) is 67.6 Å². The van der Waals surface area contributed by atoms with Crippen LogP contribution in [0.5, 0.6) is 0 Å². The van der Waals surface area contributed by atoms with Crippen molar-refractivity contribution in [3.05, 3.63) is 21.4 Å². The number of thiophene rings is 1. The molecule has 0 radical (unpaired) electrons. The zero-order chi connectivity index (χ0) is 15.2. The smallest absolute Gasteiger partial charge is 0.252 e. The molecule has 1 N–H and O–H groups in total. The molecule has 0 saturated heterocycles. The van der Waals surface area contributed by atoms with Gasteiger partial charge in [0.15, 0.2) is 0 Å². The Kier molecular flexibility index (Phi) is 6.25. The molecule has 0 aromatic carbocycles. The maximum absolute atomic E-state index is 12.3. The molecule has 1 fully saturated rings. The zero-order valence-corrected chi connectivity index (χ0v) is 15.0. The molecule has 0 unspecified atom stereocenters. The van der Waals surface area contributed by atoms with Gasteiger partial charge in [-0.3, -0.25) is 4.79 Å². The van der Waals surface area contributed by atoms with Crippen LogP contribution in [0.4, 0.5) is 0 Å². The first-order valence-corrected chi connectivity index (χ1v) is 10.8. The Balaban J connectivity index is 1.36. The molecule has 1 saturated carbocycles. The van der Waals surface area contributed by atoms with Gasteiger partial charge in [-0.15, -0.1) is 11.3 Å². The van der Waals surface area contributed by atoms with Crippen LogP contribution in [0.25, 0.3) is 0 Å². The Hall–Kier alpha value is -0.480. The van der Waals surface area contributed by atoms with Crippen molar-refractivity contribution in [2.24, 2.45) is 0 Å². The number of carbonyl (C=O) groups is 1. The summed E-state index contributed by atoms with van der Waals surface area (Å²) in [6.45, 7) is 0.823. The SMILES string of the molecule is O=C(NCCCSC1CCCCC1)c1csc2c1CCCC2. The summed E-state index contributed by atoms with van der Waals surface area (Å²) in [4.78, 5) is 13.8. The van der Waals surface area contributed by atoms with E-state index in [4.69, 9.17) is 0 Å². The van der Waals surface area contributed by atoms with Crippen LogP contribution in [0.2, 0.25) is 0 Å². The highest BCUT2D eigenvalue weighted by Crippen LogP contribution is 2.30. The minimum absolute atomic E-state index is 0.155. The van der Waals surface area contributed by atoms with E-state index in [9.17, 15) is 4.79 Å². The highest BCUT2D eigenvalue weighted by atomic mass is 32.2. The fraction of sp³-hybridized carbons (Fsp3) is 0.722. The lowest BCUT2D eigenvalue weighted by Gasteiger charge is -2.20. The van der Waals surface area contributed by atoms with Crippen LogP contribution in [0.3, 0.4) is 0 Å². The van der Waals surface area contributed by atoms with E-state index in [2.05, 4.69) is 22.5 Å². The number of hydrogen-bond acceptors (Lipinski definition) is 3. The molecule has 2 aliphatic rings. The van der Waals surface area contributed by atoms with E-state index in [1.807, 2.05) is 0 Å². The fourth-order valence-corrected chi connectivity index (χ4v) is 5.97. The molecule has 1 aromatic heterocycles. The van der Waals surface area contributed by atoms with Gasteiger partial charge in [0.05, 0.1) is 5.56 Å². The predicted octanol–water partition coefficient (Wildman–Crippen LogP) is 4.81. The Morgan fingerprint density at radius 2 is 2.00 bits per heavy atom. The summed E-state index contributed by atoms with van der Waals surface area (Å²) in [5.74, 6) is 1.34. The van der Waals surface area contributed by atoms with Crippen molar-refractivity contribution in [2.45, 2.75) is 69.5 Å². The van der Waals surface area contributed by atoms with Crippen molar-refractivity contribution in [3.8, 4) is 0 Å². The van der Waals surface area contributed by atoms with Crippen molar-refractivity contribution in [1.82, 2.24) is 5.32 Å². The normalized spacial score (nSPS) is 18.9. The summed E-state index contributed by atoms with van der Waals surface area (Å²) < 4.78 is 0. The molecule has 0 aliphatic heterocycles. The molecule has 1 aromatic rings. The molecular formula is C18H27NOS2. The maximum Gasteiger partial charge on any atom is 0.252 e. The lowest BCUT2D eigenvalue weighted by Crippen LogP contribution is -2.26. The molecule has 0 spiro atoms. The predicted molar refractivity (Wildman–Crippen MR) is 97.2 cm³/mol. The minimum Gasteiger partial charge on any atom is -0.352 e. The van der Waals surface area contributed by atoms with E-state index in [0.717, 1.165) is 30.2 Å². The molecule has 2 nitrogen and oxygen atoms in total. The van der Waals surface area contributed by atoms with Crippen LogP contribution in [0, 0.1) is 0 Å². The number of carbonyl (C=O) groups excluding carboxylic acids is 1. The molecule has 122 valence electrons. The van der Waals surface area contributed by atoms with Gasteiger partial charge < -0.3 is 5.32 Å². The van der Waals surface area contributed by atoms with Crippen LogP contribution >= 0.6 is 23.1 Å². The summed E-state index contributed by atoms with van der Waals surface area (Å²) in [6, 6.07) is 0. The monoisotopic (exact) mass is 337 g/mol. The summed E-state index contributed by atoms with van der Waals surface area (Å²) >= 11 is 3.90. The second kappa shape index (κ2) is 8.39. The average Bonchev–Trinajstić information content (AvgIpc) is 2.99. The number of hydrogen-bond donors (Lipinski definition) is 1. The van der Waals surface area contributed by atoms with Crippen molar-refractivity contribution < 1.29 is 4.79 Å². The third-order valence-corrected chi connectivity index (χ3v) is 7.37. The molecule has 1 amide bonds. The lowest BCUT2D eigenvalue weighted by atomic mass is 9.96. The van der Waals surface area contributed by atoms with Crippen LogP contribution in [0.15, 0.2) is 5.38 Å². The van der Waals surface area contributed by atoms with Crippen molar-refractivity contribution in [3.63, 3.8) is 0 Å². The van der Waals surface area contributed by atoms with E-state index >= 15 is 0 Å². The molecule has 3 rings (SSSR count). The number of fused-ring (bicyclic) bond motifs is 1. The Morgan fingerprint density at radius 1 is 1.18 bits per heavy atom. The van der Waals surface area contributed by atoms with E-state index in [-0.39, 0.29) is 5.91 Å². The zero-order valence-electron chi connectivity index (χ0n) is 13.4. The summed E-state index contributed by atoms with van der Waals surface area (Å²) in [5.41, 5.74) is 2.30. The average molecular weight is 338 g/mol. The number of aryl methyl sites for hydroxylation is 1. The minimum atomic E-state index is 0.155. The number of thioether (sulfide) groups is 1. The van der Waals surface area contributed by atoms with Crippen molar-refractivity contribution >= 4 is 29.0 Å². The lowest BCUT2D eigenvalue weighted by molar-refractivity contribution is 0.0953. The van der Waals surface area contributed by atoms with Crippen LogP contribution in [-0.2, 0) is 12.8 Å². The molecule has 22 heavy (non-hydrogen) atoms. The number of amides is 1. The molecule has 0 atom stereocenters. The van der Waals surface area contributed by atoms with E-state index < -0.39 is 0 Å². The first-order chi connectivity index (χ1) is 10.8. The van der Waals surface area contributed by atoms with Crippen LogP contribution in [-0.4, -0.2) is 23.5 Å². The fourth-order valence-electron chi connectivity index (χ4n) is 3.54. The highest BCUT2D eigenvalue weighted by Gasteiger charge is 2.19. The van der Waals surface area contributed by atoms with Crippen molar-refractivity contribution in [2.75, 3.05) is 12.3 Å². The standard InChI is InChI=1S/C18H27NOS2/c20-18(16-13-22-17-10-5-4-9-15(16)17)19-11-6-12-21-14-7-2-1-3-8-14/h13-14H,1-12H2,(H,19,20). The van der Waals surface area contributed by atoms with Crippen LogP contribution in [0.1, 0.15) is 72.2 Å². The maximum atomic E-state index is 12.3. The Labute approximate surface area is 142 Å². The Bertz CT molecular complexity index is 491. The quantitative estimate of drug-likeness (QED) is 0.755. The highest BCUT2D eigenvalue weighted by molar-refractivity contribution is 7.99. The molecule has 1 heterocycles. The third-order valence-electron chi connectivity index (χ3n) is 4.82. The second-order valence-electron chi connectivity index (χ2n) is 6.50.